The van der Waals surface area contributed by atoms with Crippen LogP contribution in [0.15, 0.2) is 24.3 Å². The van der Waals surface area contributed by atoms with Gasteiger partial charge in [0.25, 0.3) is 0 Å². The fourth-order valence-corrected chi connectivity index (χ4v) is 4.89. The Morgan fingerprint density at radius 1 is 1.26 bits per heavy atom. The van der Waals surface area contributed by atoms with E-state index < -0.39 is 8.80 Å². The summed E-state index contributed by atoms with van der Waals surface area (Å²) in [5.41, 5.74) is 0. The molecule has 0 bridgehead atoms. The number of hydrogen-bond acceptors (Lipinski definition) is 4. The fraction of sp³-hybridized carbons (Fsp3) is 0.714. The summed E-state index contributed by atoms with van der Waals surface area (Å²) < 4.78 is 17.4. The van der Waals surface area contributed by atoms with Gasteiger partial charge in [-0.05, 0) is 27.7 Å². The third kappa shape index (κ3) is 4.75. The van der Waals surface area contributed by atoms with Crippen molar-refractivity contribution in [2.75, 3.05) is 13.2 Å². The third-order valence-electron chi connectivity index (χ3n) is 3.26. The molecule has 0 fully saturated rings. The Hall–Kier alpha value is -0.0731. The van der Waals surface area contributed by atoms with Crippen molar-refractivity contribution in [2.24, 2.45) is 5.92 Å². The summed E-state index contributed by atoms with van der Waals surface area (Å²) in [5.74, 6) is 0.202. The molecule has 3 unspecified atom stereocenters. The van der Waals surface area contributed by atoms with Gasteiger partial charge in [0.2, 0.25) is 0 Å². The van der Waals surface area contributed by atoms with Gasteiger partial charge in [0.05, 0.1) is 6.10 Å². The van der Waals surface area contributed by atoms with Crippen molar-refractivity contribution >= 4 is 21.4 Å². The molecule has 0 heterocycles. The van der Waals surface area contributed by atoms with Crippen LogP contribution in [0.3, 0.4) is 0 Å². The Morgan fingerprint density at radius 3 is 2.32 bits per heavy atom. The quantitative estimate of drug-likeness (QED) is 0.576. The van der Waals surface area contributed by atoms with Crippen LogP contribution in [0.5, 0.6) is 0 Å². The zero-order chi connectivity index (χ0) is 14.5. The zero-order valence-electron chi connectivity index (χ0n) is 12.6. The van der Waals surface area contributed by atoms with E-state index in [1.807, 2.05) is 32.5 Å². The number of thiol groups is 1. The summed E-state index contributed by atoms with van der Waals surface area (Å²) in [7, 11) is -2.55. The molecule has 0 radical (unpaired) electrons. The summed E-state index contributed by atoms with van der Waals surface area (Å²) in [4.78, 5) is 0. The van der Waals surface area contributed by atoms with Crippen LogP contribution in [0, 0.1) is 5.92 Å². The summed E-state index contributed by atoms with van der Waals surface area (Å²) in [6, 6.07) is 0. The molecule has 0 N–H and O–H groups in total. The first-order chi connectivity index (χ1) is 8.84. The molecule has 19 heavy (non-hydrogen) atoms. The highest BCUT2D eigenvalue weighted by atomic mass is 32.1. The second kappa shape index (κ2) is 7.08. The molecule has 1 aliphatic carbocycles. The Bertz CT molecular complexity index is 336. The maximum atomic E-state index is 6.15. The highest BCUT2D eigenvalue weighted by molar-refractivity contribution is 7.82. The second-order valence-corrected chi connectivity index (χ2v) is 8.55. The van der Waals surface area contributed by atoms with Gasteiger partial charge in [0.1, 0.15) is 0 Å². The van der Waals surface area contributed by atoms with Gasteiger partial charge in [0.15, 0.2) is 0 Å². The van der Waals surface area contributed by atoms with Gasteiger partial charge in [-0.2, -0.15) is 12.6 Å². The van der Waals surface area contributed by atoms with Crippen LogP contribution in [-0.2, 0) is 13.3 Å². The molecular weight excluding hydrogens is 276 g/mol. The van der Waals surface area contributed by atoms with Crippen molar-refractivity contribution in [1.82, 2.24) is 0 Å². The Balaban J connectivity index is 2.74. The van der Waals surface area contributed by atoms with Crippen LogP contribution < -0.4 is 0 Å². The Morgan fingerprint density at radius 2 is 1.84 bits per heavy atom. The maximum absolute atomic E-state index is 6.15. The smallest absolute Gasteiger partial charge is 0.374 e. The van der Waals surface area contributed by atoms with E-state index >= 15 is 0 Å². The minimum atomic E-state index is -2.55. The predicted octanol–water partition coefficient (Wildman–Crippen LogP) is 3.46. The van der Waals surface area contributed by atoms with E-state index in [0.717, 1.165) is 0 Å². The first-order valence-electron chi connectivity index (χ1n) is 6.88. The van der Waals surface area contributed by atoms with Crippen LogP contribution in [0.4, 0.5) is 0 Å². The van der Waals surface area contributed by atoms with Crippen molar-refractivity contribution in [3.05, 3.63) is 24.3 Å². The molecule has 0 aliphatic heterocycles. The molecule has 0 saturated carbocycles. The van der Waals surface area contributed by atoms with Crippen LogP contribution in [0.2, 0.25) is 6.55 Å². The molecule has 0 amide bonds. The molecule has 3 atom stereocenters. The number of hydrogen-bond donors (Lipinski definition) is 1. The minimum Gasteiger partial charge on any atom is -0.374 e. The molecule has 110 valence electrons. The van der Waals surface area contributed by atoms with Crippen LogP contribution in [-0.4, -0.2) is 32.9 Å². The summed E-state index contributed by atoms with van der Waals surface area (Å²) in [5, 5.41) is 0. The van der Waals surface area contributed by atoms with Gasteiger partial charge < -0.3 is 13.3 Å². The lowest BCUT2D eigenvalue weighted by atomic mass is 9.85. The topological polar surface area (TPSA) is 27.7 Å². The van der Waals surface area contributed by atoms with Crippen LogP contribution in [0.25, 0.3) is 0 Å². The first kappa shape index (κ1) is 17.0. The lowest BCUT2D eigenvalue weighted by molar-refractivity contribution is 0.0268. The Kier molecular flexibility index (Phi) is 6.33. The summed E-state index contributed by atoms with van der Waals surface area (Å²) >= 11 is 4.72. The van der Waals surface area contributed by atoms with E-state index in [-0.39, 0.29) is 16.8 Å². The minimum absolute atomic E-state index is 0.00142. The number of allylic oxidation sites excluding steroid dienone is 2. The molecule has 0 aromatic rings. The fourth-order valence-electron chi connectivity index (χ4n) is 2.42. The molecule has 0 aromatic heterocycles. The highest BCUT2D eigenvalue weighted by Gasteiger charge is 2.41. The monoisotopic (exact) mass is 302 g/mol. The molecule has 1 rings (SSSR count). The van der Waals surface area contributed by atoms with Gasteiger partial charge in [-0.15, -0.1) is 0 Å². The van der Waals surface area contributed by atoms with E-state index in [4.69, 9.17) is 25.9 Å². The second-order valence-electron chi connectivity index (χ2n) is 5.05. The van der Waals surface area contributed by atoms with E-state index in [1.54, 1.807) is 0 Å². The SMILES string of the molecule is CCO[Si](C)(OCC)OC(C)C1C=CC=CC1(C)S. The maximum Gasteiger partial charge on any atom is 0.497 e. The molecule has 3 nitrogen and oxygen atoms in total. The molecular formula is C14H26O3SSi. The molecule has 0 aromatic carbocycles. The lowest BCUT2D eigenvalue weighted by Gasteiger charge is -2.38. The molecule has 0 saturated heterocycles. The van der Waals surface area contributed by atoms with Crippen molar-refractivity contribution in [1.29, 1.82) is 0 Å². The lowest BCUT2D eigenvalue weighted by Crippen LogP contribution is -2.48. The Labute approximate surface area is 123 Å². The van der Waals surface area contributed by atoms with Crippen molar-refractivity contribution < 1.29 is 13.3 Å². The van der Waals surface area contributed by atoms with E-state index in [9.17, 15) is 0 Å². The van der Waals surface area contributed by atoms with Crippen LogP contribution >= 0.6 is 12.6 Å². The van der Waals surface area contributed by atoms with Gasteiger partial charge in [0, 0.05) is 30.4 Å². The third-order valence-corrected chi connectivity index (χ3v) is 6.13. The predicted molar refractivity (Wildman–Crippen MR) is 84.6 cm³/mol. The van der Waals surface area contributed by atoms with Crippen molar-refractivity contribution in [3.63, 3.8) is 0 Å². The largest absolute Gasteiger partial charge is 0.497 e. The first-order valence-corrected chi connectivity index (χ1v) is 9.56. The normalized spacial score (nSPS) is 28.6. The van der Waals surface area contributed by atoms with Gasteiger partial charge in [-0.25, -0.2) is 0 Å². The molecule has 0 spiro atoms. The summed E-state index contributed by atoms with van der Waals surface area (Å²) in [6.45, 7) is 11.2. The summed E-state index contributed by atoms with van der Waals surface area (Å²) in [6.07, 6.45) is 8.31. The van der Waals surface area contributed by atoms with Crippen molar-refractivity contribution in [2.45, 2.75) is 45.1 Å². The average Bonchev–Trinajstić information content (AvgIpc) is 2.28. The molecule has 5 heteroatoms. The highest BCUT2D eigenvalue weighted by Crippen LogP contribution is 2.35. The van der Waals surface area contributed by atoms with Gasteiger partial charge in [-0.1, -0.05) is 24.3 Å². The average molecular weight is 303 g/mol. The van der Waals surface area contributed by atoms with Crippen molar-refractivity contribution in [3.8, 4) is 0 Å². The molecule has 1 aliphatic rings. The van der Waals surface area contributed by atoms with E-state index in [2.05, 4.69) is 26.0 Å². The van der Waals surface area contributed by atoms with Crippen LogP contribution in [0.1, 0.15) is 27.7 Å². The van der Waals surface area contributed by atoms with E-state index in [1.165, 1.54) is 0 Å². The van der Waals surface area contributed by atoms with Gasteiger partial charge >= 0.3 is 8.80 Å². The number of rotatable bonds is 7. The van der Waals surface area contributed by atoms with E-state index in [0.29, 0.717) is 13.2 Å². The van der Waals surface area contributed by atoms with Gasteiger partial charge in [-0.3, -0.25) is 0 Å². The standard InChI is InChI=1S/C14H26O3SSi/c1-6-15-19(5,16-7-2)17-12(3)13-10-8-9-11-14(13,4)18/h8-13,18H,6-7H2,1-5H3. The zero-order valence-corrected chi connectivity index (χ0v) is 14.4.